The van der Waals surface area contributed by atoms with Crippen LogP contribution in [0, 0.1) is 5.92 Å². The molecule has 0 aromatic carbocycles. The molecule has 0 bridgehead atoms. The van der Waals surface area contributed by atoms with Crippen LogP contribution in [0.3, 0.4) is 0 Å². The molecule has 1 aliphatic rings. The fourth-order valence-electron chi connectivity index (χ4n) is 2.24. The zero-order valence-corrected chi connectivity index (χ0v) is 14.8. The van der Waals surface area contributed by atoms with E-state index in [1.54, 1.807) is 0 Å². The van der Waals surface area contributed by atoms with E-state index in [-0.39, 0.29) is 30.8 Å². The molecule has 0 aliphatic carbocycles. The summed E-state index contributed by atoms with van der Waals surface area (Å²) >= 11 is 0. The Hall–Kier alpha value is -0.450. The molecule has 0 aromatic heterocycles. The van der Waals surface area contributed by atoms with Crippen molar-refractivity contribution < 1.29 is 17.9 Å². The highest BCUT2D eigenvalue weighted by Crippen LogP contribution is 2.20. The second kappa shape index (κ2) is 10.3. The average Bonchev–Trinajstić information content (AvgIpc) is 2.50. The SMILES string of the molecule is COCCN(C)S(=O)(=O)N1CCCC(C(=O)NCCN)C1.Cl. The van der Waals surface area contributed by atoms with Gasteiger partial charge in [-0.25, -0.2) is 0 Å². The maximum atomic E-state index is 12.4. The Labute approximate surface area is 138 Å². The number of carbonyl (C=O) groups excluding carboxylic acids is 1. The number of nitrogens with two attached hydrogens (primary N) is 1. The van der Waals surface area contributed by atoms with Crippen molar-refractivity contribution in [3.05, 3.63) is 0 Å². The number of halogens is 1. The Morgan fingerprint density at radius 2 is 2.18 bits per heavy atom. The fourth-order valence-corrected chi connectivity index (χ4v) is 3.67. The van der Waals surface area contributed by atoms with E-state index in [4.69, 9.17) is 10.5 Å². The highest BCUT2D eigenvalue weighted by atomic mass is 35.5. The fraction of sp³-hybridized carbons (Fsp3) is 0.917. The molecular weight excluding hydrogens is 332 g/mol. The lowest BCUT2D eigenvalue weighted by atomic mass is 9.99. The maximum Gasteiger partial charge on any atom is 0.281 e. The first-order valence-electron chi connectivity index (χ1n) is 7.11. The van der Waals surface area contributed by atoms with Crippen LogP contribution in [0.2, 0.25) is 0 Å². The number of nitrogens with one attached hydrogen (secondary N) is 1. The quantitative estimate of drug-likeness (QED) is 0.580. The minimum atomic E-state index is -3.54. The predicted molar refractivity (Wildman–Crippen MR) is 87.0 cm³/mol. The number of hydrogen-bond donors (Lipinski definition) is 2. The van der Waals surface area contributed by atoms with Crippen LogP contribution < -0.4 is 11.1 Å². The van der Waals surface area contributed by atoms with Crippen LogP contribution in [0.25, 0.3) is 0 Å². The van der Waals surface area contributed by atoms with Crippen LogP contribution in [0.1, 0.15) is 12.8 Å². The van der Waals surface area contributed by atoms with E-state index >= 15 is 0 Å². The molecule has 22 heavy (non-hydrogen) atoms. The summed E-state index contributed by atoms with van der Waals surface area (Å²) in [5.41, 5.74) is 5.35. The molecule has 3 N–H and O–H groups in total. The number of amides is 1. The van der Waals surface area contributed by atoms with Crippen LogP contribution in [0.15, 0.2) is 0 Å². The molecule has 0 radical (unpaired) electrons. The van der Waals surface area contributed by atoms with E-state index in [2.05, 4.69) is 5.32 Å². The molecular formula is C12H27ClN4O4S. The number of nitrogens with zero attached hydrogens (tertiary/aromatic N) is 2. The average molecular weight is 359 g/mol. The Bertz CT molecular complexity index is 435. The number of piperidine rings is 1. The molecule has 1 aliphatic heterocycles. The first-order valence-corrected chi connectivity index (χ1v) is 8.51. The van der Waals surface area contributed by atoms with Gasteiger partial charge in [-0.3, -0.25) is 4.79 Å². The van der Waals surface area contributed by atoms with Gasteiger partial charge in [-0.1, -0.05) is 0 Å². The van der Waals surface area contributed by atoms with E-state index in [1.807, 2.05) is 0 Å². The van der Waals surface area contributed by atoms with Gasteiger partial charge in [0.25, 0.3) is 10.2 Å². The third kappa shape index (κ3) is 5.98. The summed E-state index contributed by atoms with van der Waals surface area (Å²) in [6.45, 7) is 2.08. The van der Waals surface area contributed by atoms with E-state index < -0.39 is 10.2 Å². The molecule has 132 valence electrons. The lowest BCUT2D eigenvalue weighted by molar-refractivity contribution is -0.126. The van der Waals surface area contributed by atoms with Crippen molar-refractivity contribution in [3.63, 3.8) is 0 Å². The van der Waals surface area contributed by atoms with Crippen molar-refractivity contribution in [2.24, 2.45) is 11.7 Å². The predicted octanol–water partition coefficient (Wildman–Crippen LogP) is -0.982. The van der Waals surface area contributed by atoms with Crippen molar-refractivity contribution in [2.75, 3.05) is 53.5 Å². The zero-order valence-electron chi connectivity index (χ0n) is 13.2. The molecule has 1 fully saturated rings. The minimum Gasteiger partial charge on any atom is -0.383 e. The summed E-state index contributed by atoms with van der Waals surface area (Å²) in [4.78, 5) is 11.9. The molecule has 1 heterocycles. The van der Waals surface area contributed by atoms with E-state index in [9.17, 15) is 13.2 Å². The van der Waals surface area contributed by atoms with Gasteiger partial charge in [0.2, 0.25) is 5.91 Å². The van der Waals surface area contributed by atoms with Gasteiger partial charge in [0.15, 0.2) is 0 Å². The molecule has 0 aromatic rings. The second-order valence-electron chi connectivity index (χ2n) is 5.10. The van der Waals surface area contributed by atoms with Gasteiger partial charge in [-0.05, 0) is 12.8 Å². The summed E-state index contributed by atoms with van der Waals surface area (Å²) in [6, 6.07) is 0. The van der Waals surface area contributed by atoms with Gasteiger partial charge >= 0.3 is 0 Å². The van der Waals surface area contributed by atoms with Gasteiger partial charge < -0.3 is 15.8 Å². The minimum absolute atomic E-state index is 0. The monoisotopic (exact) mass is 358 g/mol. The summed E-state index contributed by atoms with van der Waals surface area (Å²) in [7, 11) is -0.492. The molecule has 10 heteroatoms. The number of rotatable bonds is 8. The smallest absolute Gasteiger partial charge is 0.281 e. The van der Waals surface area contributed by atoms with Gasteiger partial charge in [-0.15, -0.1) is 12.4 Å². The van der Waals surface area contributed by atoms with E-state index in [0.717, 1.165) is 0 Å². The lowest BCUT2D eigenvalue weighted by Gasteiger charge is -2.33. The van der Waals surface area contributed by atoms with Gasteiger partial charge in [0.1, 0.15) is 0 Å². The number of ether oxygens (including phenoxy) is 1. The van der Waals surface area contributed by atoms with Crippen LogP contribution >= 0.6 is 12.4 Å². The highest BCUT2D eigenvalue weighted by Gasteiger charge is 2.34. The summed E-state index contributed by atoms with van der Waals surface area (Å²) in [6.07, 6.45) is 1.38. The summed E-state index contributed by atoms with van der Waals surface area (Å²) < 4.78 is 32.4. The molecule has 1 saturated heterocycles. The molecule has 1 rings (SSSR count). The van der Waals surface area contributed by atoms with Crippen LogP contribution in [0.4, 0.5) is 0 Å². The Morgan fingerprint density at radius 1 is 1.50 bits per heavy atom. The topological polar surface area (TPSA) is 105 Å². The van der Waals surface area contributed by atoms with Crippen molar-refractivity contribution in [2.45, 2.75) is 12.8 Å². The van der Waals surface area contributed by atoms with E-state index in [1.165, 1.54) is 22.8 Å². The first kappa shape index (κ1) is 21.6. The Morgan fingerprint density at radius 3 is 2.77 bits per heavy atom. The first-order chi connectivity index (χ1) is 9.93. The summed E-state index contributed by atoms with van der Waals surface area (Å²) in [5.74, 6) is -0.434. The van der Waals surface area contributed by atoms with Crippen LogP contribution in [-0.2, 0) is 19.7 Å². The summed E-state index contributed by atoms with van der Waals surface area (Å²) in [5, 5.41) is 2.72. The normalized spacial score (nSPS) is 19.7. The second-order valence-corrected chi connectivity index (χ2v) is 7.13. The molecule has 1 unspecified atom stereocenters. The highest BCUT2D eigenvalue weighted by molar-refractivity contribution is 7.86. The third-order valence-electron chi connectivity index (χ3n) is 3.53. The molecule has 0 spiro atoms. The molecule has 1 atom stereocenters. The number of likely N-dealkylation sites (N-methyl/N-ethyl adjacent to an activating group) is 1. The van der Waals surface area contributed by atoms with Crippen molar-refractivity contribution in [3.8, 4) is 0 Å². The molecule has 0 saturated carbocycles. The van der Waals surface area contributed by atoms with Gasteiger partial charge in [0.05, 0.1) is 12.5 Å². The van der Waals surface area contributed by atoms with Gasteiger partial charge in [0, 0.05) is 46.9 Å². The largest absolute Gasteiger partial charge is 0.383 e. The number of carbonyl (C=O) groups is 1. The van der Waals surface area contributed by atoms with Crippen LogP contribution in [-0.4, -0.2) is 76.4 Å². The maximum absolute atomic E-state index is 12.4. The Kier molecular flexibility index (Phi) is 10.1. The van der Waals surface area contributed by atoms with Crippen molar-refractivity contribution >= 4 is 28.5 Å². The van der Waals surface area contributed by atoms with Crippen molar-refractivity contribution in [1.29, 1.82) is 0 Å². The van der Waals surface area contributed by atoms with Gasteiger partial charge in [-0.2, -0.15) is 17.0 Å². The zero-order chi connectivity index (χ0) is 15.9. The number of methoxy groups -OCH3 is 1. The third-order valence-corrected chi connectivity index (χ3v) is 5.48. The van der Waals surface area contributed by atoms with Crippen LogP contribution in [0.5, 0.6) is 0 Å². The standard InChI is InChI=1S/C12H26N4O4S.ClH/c1-15(8-9-20-2)21(18,19)16-7-3-4-11(10-16)12(17)14-6-5-13;/h11H,3-10,13H2,1-2H3,(H,14,17);1H. The van der Waals surface area contributed by atoms with Crippen molar-refractivity contribution in [1.82, 2.24) is 13.9 Å². The molecule has 1 amide bonds. The Balaban J connectivity index is 0.00000441. The number of hydrogen-bond acceptors (Lipinski definition) is 5. The lowest BCUT2D eigenvalue weighted by Crippen LogP contribution is -2.50. The molecule has 8 nitrogen and oxygen atoms in total. The van der Waals surface area contributed by atoms with E-state index in [0.29, 0.717) is 45.6 Å².